The number of anilines is 1. The second kappa shape index (κ2) is 5.05. The van der Waals surface area contributed by atoms with E-state index in [4.69, 9.17) is 4.74 Å². The van der Waals surface area contributed by atoms with Crippen molar-refractivity contribution >= 4 is 22.6 Å². The fraction of sp³-hybridized carbons (Fsp3) is 0.0667. The van der Waals surface area contributed by atoms with Crippen LogP contribution in [0.2, 0.25) is 0 Å². The van der Waals surface area contributed by atoms with Gasteiger partial charge in [0, 0.05) is 6.20 Å². The molecule has 0 saturated carbocycles. The number of pyridine rings is 1. The minimum absolute atomic E-state index is 0.229. The zero-order valence-electron chi connectivity index (χ0n) is 10.9. The number of aromatic nitrogens is 2. The molecule has 0 fully saturated rings. The van der Waals surface area contributed by atoms with Crippen LogP contribution in [0.4, 0.5) is 5.69 Å². The molecule has 0 aliphatic rings. The van der Waals surface area contributed by atoms with Crippen molar-refractivity contribution in [3.8, 4) is 5.75 Å². The van der Waals surface area contributed by atoms with E-state index in [1.807, 2.05) is 24.3 Å². The van der Waals surface area contributed by atoms with Crippen LogP contribution in [0.15, 0.2) is 48.7 Å². The molecule has 2 heterocycles. The molecule has 0 unspecified atom stereocenters. The van der Waals surface area contributed by atoms with Crippen LogP contribution in [0.3, 0.4) is 0 Å². The molecule has 0 bridgehead atoms. The predicted octanol–water partition coefficient (Wildman–Crippen LogP) is 2.82. The quantitative estimate of drug-likeness (QED) is 0.766. The van der Waals surface area contributed by atoms with Gasteiger partial charge in [-0.1, -0.05) is 12.1 Å². The van der Waals surface area contributed by atoms with E-state index < -0.39 is 0 Å². The normalized spacial score (nSPS) is 10.4. The molecule has 20 heavy (non-hydrogen) atoms. The average Bonchev–Trinajstić information content (AvgIpc) is 2.92. The summed E-state index contributed by atoms with van der Waals surface area (Å²) in [6.45, 7) is 0. The molecule has 3 aromatic rings. The van der Waals surface area contributed by atoms with E-state index in [1.54, 1.807) is 31.5 Å². The number of aromatic amines is 1. The third-order valence-electron chi connectivity index (χ3n) is 2.99. The number of methoxy groups -OCH3 is 1. The van der Waals surface area contributed by atoms with E-state index >= 15 is 0 Å². The largest absolute Gasteiger partial charge is 0.495 e. The van der Waals surface area contributed by atoms with E-state index in [1.165, 1.54) is 0 Å². The number of fused-ring (bicyclic) bond motifs is 1. The molecule has 1 aromatic carbocycles. The van der Waals surface area contributed by atoms with E-state index in [0.29, 0.717) is 17.1 Å². The van der Waals surface area contributed by atoms with E-state index in [-0.39, 0.29) is 5.91 Å². The molecule has 2 N–H and O–H groups in total. The first-order valence-electron chi connectivity index (χ1n) is 6.16. The van der Waals surface area contributed by atoms with E-state index in [9.17, 15) is 4.79 Å². The molecule has 1 amide bonds. The number of amides is 1. The lowest BCUT2D eigenvalue weighted by Crippen LogP contribution is -2.12. The fourth-order valence-corrected chi connectivity index (χ4v) is 2.02. The maximum Gasteiger partial charge on any atom is 0.272 e. The molecular formula is C15H13N3O2. The number of nitrogens with zero attached hydrogens (tertiary/aromatic N) is 1. The van der Waals surface area contributed by atoms with Crippen LogP contribution < -0.4 is 10.1 Å². The Bertz CT molecular complexity index is 731. The predicted molar refractivity (Wildman–Crippen MR) is 77.0 cm³/mol. The van der Waals surface area contributed by atoms with Gasteiger partial charge < -0.3 is 15.0 Å². The number of H-pyrrole nitrogens is 1. The number of carbonyl (C=O) groups excluding carboxylic acids is 1. The number of benzene rings is 1. The highest BCUT2D eigenvalue weighted by Crippen LogP contribution is 2.24. The highest BCUT2D eigenvalue weighted by molar-refractivity contribution is 6.06. The molecule has 0 aliphatic heterocycles. The number of para-hydroxylation sites is 2. The molecular weight excluding hydrogens is 254 g/mol. The van der Waals surface area contributed by atoms with Gasteiger partial charge in [-0.25, -0.2) is 0 Å². The van der Waals surface area contributed by atoms with Gasteiger partial charge in [-0.15, -0.1) is 0 Å². The van der Waals surface area contributed by atoms with Crippen LogP contribution in [-0.4, -0.2) is 23.0 Å². The maximum absolute atomic E-state index is 12.2. The van der Waals surface area contributed by atoms with Crippen LogP contribution in [0.25, 0.3) is 11.0 Å². The molecule has 100 valence electrons. The lowest BCUT2D eigenvalue weighted by Gasteiger charge is -2.08. The van der Waals surface area contributed by atoms with Gasteiger partial charge in [0.2, 0.25) is 0 Å². The average molecular weight is 267 g/mol. The number of rotatable bonds is 3. The van der Waals surface area contributed by atoms with Crippen LogP contribution >= 0.6 is 0 Å². The molecule has 2 aromatic heterocycles. The van der Waals surface area contributed by atoms with E-state index in [2.05, 4.69) is 15.3 Å². The third-order valence-corrected chi connectivity index (χ3v) is 2.99. The third kappa shape index (κ3) is 2.21. The summed E-state index contributed by atoms with van der Waals surface area (Å²) in [5, 5.41) is 2.82. The minimum Gasteiger partial charge on any atom is -0.495 e. The van der Waals surface area contributed by atoms with Crippen LogP contribution in [0.5, 0.6) is 5.75 Å². The second-order valence-corrected chi connectivity index (χ2v) is 4.27. The molecule has 0 aliphatic carbocycles. The Morgan fingerprint density at radius 1 is 1.25 bits per heavy atom. The number of hydrogen-bond acceptors (Lipinski definition) is 3. The van der Waals surface area contributed by atoms with Crippen molar-refractivity contribution in [3.05, 3.63) is 54.4 Å². The van der Waals surface area contributed by atoms with Gasteiger partial charge >= 0.3 is 0 Å². The van der Waals surface area contributed by atoms with Crippen LogP contribution in [0.1, 0.15) is 10.5 Å². The number of ether oxygens (including phenoxy) is 1. The molecule has 0 spiro atoms. The van der Waals surface area contributed by atoms with Crippen molar-refractivity contribution in [2.45, 2.75) is 0 Å². The molecule has 5 nitrogen and oxygen atoms in total. The van der Waals surface area contributed by atoms with Crippen LogP contribution in [0, 0.1) is 0 Å². The Morgan fingerprint density at radius 3 is 2.90 bits per heavy atom. The zero-order chi connectivity index (χ0) is 13.9. The zero-order valence-corrected chi connectivity index (χ0v) is 10.9. The number of nitrogens with one attached hydrogen (secondary N) is 2. The Kier molecular flexibility index (Phi) is 3.09. The van der Waals surface area contributed by atoms with Gasteiger partial charge in [0.1, 0.15) is 11.4 Å². The molecule has 0 radical (unpaired) electrons. The first-order chi connectivity index (χ1) is 9.78. The molecule has 0 atom stereocenters. The van der Waals surface area contributed by atoms with Crippen LogP contribution in [-0.2, 0) is 0 Å². The Balaban J connectivity index is 1.89. The lowest BCUT2D eigenvalue weighted by molar-refractivity contribution is 0.102. The summed E-state index contributed by atoms with van der Waals surface area (Å²) in [7, 11) is 1.57. The number of carbonyl (C=O) groups is 1. The Hall–Kier alpha value is -2.82. The van der Waals surface area contributed by atoms with Crippen molar-refractivity contribution in [1.29, 1.82) is 0 Å². The van der Waals surface area contributed by atoms with Gasteiger partial charge in [0.15, 0.2) is 0 Å². The second-order valence-electron chi connectivity index (χ2n) is 4.27. The fourth-order valence-electron chi connectivity index (χ4n) is 2.02. The summed E-state index contributed by atoms with van der Waals surface area (Å²) >= 11 is 0. The molecule has 5 heteroatoms. The maximum atomic E-state index is 12.2. The van der Waals surface area contributed by atoms with Crippen molar-refractivity contribution in [3.63, 3.8) is 0 Å². The smallest absolute Gasteiger partial charge is 0.272 e. The standard InChI is InChI=1S/C15H13N3O2/c1-20-14-7-3-2-5-11(14)18-15(19)13-9-12-10(17-13)6-4-8-16-12/h2-9,17H,1H3,(H,18,19). The van der Waals surface area contributed by atoms with Gasteiger partial charge in [0.25, 0.3) is 5.91 Å². The van der Waals surface area contributed by atoms with Crippen molar-refractivity contribution in [2.75, 3.05) is 12.4 Å². The molecule has 3 rings (SSSR count). The summed E-state index contributed by atoms with van der Waals surface area (Å²) in [6.07, 6.45) is 1.69. The minimum atomic E-state index is -0.229. The van der Waals surface area contributed by atoms with Gasteiger partial charge in [-0.3, -0.25) is 9.78 Å². The first-order valence-corrected chi connectivity index (χ1v) is 6.16. The Labute approximate surface area is 115 Å². The summed E-state index contributed by atoms with van der Waals surface area (Å²) in [6, 6.07) is 12.7. The van der Waals surface area contributed by atoms with Crippen molar-refractivity contribution in [1.82, 2.24) is 9.97 Å². The highest BCUT2D eigenvalue weighted by atomic mass is 16.5. The van der Waals surface area contributed by atoms with Gasteiger partial charge in [0.05, 0.1) is 23.8 Å². The Morgan fingerprint density at radius 2 is 2.10 bits per heavy atom. The monoisotopic (exact) mass is 267 g/mol. The lowest BCUT2D eigenvalue weighted by atomic mass is 10.3. The summed E-state index contributed by atoms with van der Waals surface area (Å²) in [5.41, 5.74) is 2.69. The topological polar surface area (TPSA) is 67.0 Å². The SMILES string of the molecule is COc1ccccc1NC(=O)c1cc2ncccc2[nH]1. The van der Waals surface area contributed by atoms with E-state index in [0.717, 1.165) is 11.0 Å². The van der Waals surface area contributed by atoms with Gasteiger partial charge in [-0.05, 0) is 30.3 Å². The molecule has 0 saturated heterocycles. The summed E-state index contributed by atoms with van der Waals surface area (Å²) in [4.78, 5) is 19.5. The van der Waals surface area contributed by atoms with Crippen molar-refractivity contribution < 1.29 is 9.53 Å². The summed E-state index contributed by atoms with van der Waals surface area (Å²) in [5.74, 6) is 0.391. The number of hydrogen-bond donors (Lipinski definition) is 2. The highest BCUT2D eigenvalue weighted by Gasteiger charge is 2.12. The van der Waals surface area contributed by atoms with Crippen molar-refractivity contribution in [2.24, 2.45) is 0 Å². The van der Waals surface area contributed by atoms with Gasteiger partial charge in [-0.2, -0.15) is 0 Å². The summed E-state index contributed by atoms with van der Waals surface area (Å²) < 4.78 is 5.20. The first kappa shape index (κ1) is 12.2.